The number of likely N-dealkylation sites (tertiary alicyclic amines) is 1. The summed E-state index contributed by atoms with van der Waals surface area (Å²) in [6.45, 7) is 1.46. The maximum absolute atomic E-state index is 11.7. The maximum Gasteiger partial charge on any atom is 0.348 e. The van der Waals surface area contributed by atoms with Crippen LogP contribution in [0.5, 0.6) is 0 Å². The minimum atomic E-state index is -0.348. The molecule has 1 fully saturated rings. The number of rotatable bonds is 1. The van der Waals surface area contributed by atoms with Crippen molar-refractivity contribution in [1.29, 1.82) is 0 Å². The molecule has 4 heteroatoms. The Morgan fingerprint density at radius 2 is 1.93 bits per heavy atom. The van der Waals surface area contributed by atoms with Crippen LogP contribution >= 0.6 is 0 Å². The molecule has 1 aromatic carbocycles. The van der Waals surface area contributed by atoms with Crippen molar-refractivity contribution in [3.8, 4) is 0 Å². The minimum Gasteiger partial charge on any atom is -0.323 e. The molecule has 1 N–H and O–H groups in total. The topological polar surface area (TPSA) is 43.8 Å². The number of hydroxylamine groups is 1. The van der Waals surface area contributed by atoms with E-state index in [0.29, 0.717) is 10.8 Å². The Morgan fingerprint density at radius 3 is 2.53 bits per heavy atom. The average Bonchev–Trinajstić information content (AvgIpc) is 2.82. The fraction of sp³-hybridized carbons (Fsp3) is 0.364. The molecular formula is C11H13N2O2. The summed E-state index contributed by atoms with van der Waals surface area (Å²) < 4.78 is 0. The molecule has 1 aromatic rings. The van der Waals surface area contributed by atoms with Crippen LogP contribution in [0.15, 0.2) is 24.3 Å². The molecular weight excluding hydrogens is 192 g/mol. The van der Waals surface area contributed by atoms with E-state index in [1.165, 1.54) is 0 Å². The van der Waals surface area contributed by atoms with Crippen LogP contribution in [0.4, 0.5) is 10.5 Å². The molecule has 0 unspecified atom stereocenters. The van der Waals surface area contributed by atoms with E-state index in [-0.39, 0.29) is 6.03 Å². The molecule has 2 amide bonds. The van der Waals surface area contributed by atoms with Crippen LogP contribution in [0, 0.1) is 6.07 Å². The van der Waals surface area contributed by atoms with Gasteiger partial charge in [0.15, 0.2) is 0 Å². The standard InChI is InChI=1S/C11H13N2O2/c14-11(12-8-4-5-9-12)13(15)10-6-2-1-3-7-10/h2-3,6-7,15H,4-5,8-9H2. The summed E-state index contributed by atoms with van der Waals surface area (Å²) in [5, 5.41) is 10.4. The van der Waals surface area contributed by atoms with Gasteiger partial charge >= 0.3 is 6.03 Å². The summed E-state index contributed by atoms with van der Waals surface area (Å²) in [6, 6.07) is 9.10. The highest BCUT2D eigenvalue weighted by Crippen LogP contribution is 2.15. The zero-order valence-electron chi connectivity index (χ0n) is 8.39. The second-order valence-corrected chi connectivity index (χ2v) is 3.55. The van der Waals surface area contributed by atoms with Crippen molar-refractivity contribution in [1.82, 2.24) is 4.90 Å². The lowest BCUT2D eigenvalue weighted by atomic mass is 10.3. The number of amides is 2. The summed E-state index contributed by atoms with van der Waals surface area (Å²) >= 11 is 0. The Morgan fingerprint density at radius 1 is 1.33 bits per heavy atom. The predicted octanol–water partition coefficient (Wildman–Crippen LogP) is 1.90. The van der Waals surface area contributed by atoms with Crippen LogP contribution in [0.25, 0.3) is 0 Å². The molecule has 0 aromatic heterocycles. The summed E-state index contributed by atoms with van der Waals surface area (Å²) in [6.07, 6.45) is 2.03. The number of hydrogen-bond donors (Lipinski definition) is 1. The first-order valence-electron chi connectivity index (χ1n) is 5.03. The third-order valence-electron chi connectivity index (χ3n) is 2.50. The highest BCUT2D eigenvalue weighted by Gasteiger charge is 2.23. The van der Waals surface area contributed by atoms with Crippen molar-refractivity contribution in [3.63, 3.8) is 0 Å². The first kappa shape index (κ1) is 9.98. The van der Waals surface area contributed by atoms with Crippen LogP contribution in [0.2, 0.25) is 0 Å². The molecule has 4 nitrogen and oxygen atoms in total. The molecule has 79 valence electrons. The first-order valence-corrected chi connectivity index (χ1v) is 5.03. The second-order valence-electron chi connectivity index (χ2n) is 3.55. The number of anilines is 1. The molecule has 2 rings (SSSR count). The van der Waals surface area contributed by atoms with Crippen molar-refractivity contribution in [2.24, 2.45) is 0 Å². The lowest BCUT2D eigenvalue weighted by Gasteiger charge is -2.22. The molecule has 0 bridgehead atoms. The van der Waals surface area contributed by atoms with Gasteiger partial charge in [0, 0.05) is 13.1 Å². The Labute approximate surface area is 88.7 Å². The number of carbonyl (C=O) groups excluding carboxylic acids is 1. The Kier molecular flexibility index (Phi) is 2.87. The third kappa shape index (κ3) is 2.10. The number of benzene rings is 1. The van der Waals surface area contributed by atoms with E-state index in [4.69, 9.17) is 0 Å². The lowest BCUT2D eigenvalue weighted by molar-refractivity contribution is 0.175. The second kappa shape index (κ2) is 4.31. The van der Waals surface area contributed by atoms with E-state index in [1.54, 1.807) is 29.2 Å². The van der Waals surface area contributed by atoms with Crippen molar-refractivity contribution in [3.05, 3.63) is 30.3 Å². The monoisotopic (exact) mass is 205 g/mol. The molecule has 0 saturated carbocycles. The van der Waals surface area contributed by atoms with E-state index in [2.05, 4.69) is 6.07 Å². The first-order chi connectivity index (χ1) is 7.29. The molecule has 15 heavy (non-hydrogen) atoms. The zero-order valence-corrected chi connectivity index (χ0v) is 8.39. The van der Waals surface area contributed by atoms with Crippen LogP contribution in [-0.4, -0.2) is 29.2 Å². The largest absolute Gasteiger partial charge is 0.348 e. The molecule has 1 aliphatic heterocycles. The van der Waals surface area contributed by atoms with E-state index >= 15 is 0 Å². The van der Waals surface area contributed by atoms with Crippen LogP contribution in [0.1, 0.15) is 12.8 Å². The van der Waals surface area contributed by atoms with Crippen LogP contribution < -0.4 is 5.06 Å². The Hall–Kier alpha value is -1.55. The lowest BCUT2D eigenvalue weighted by Crippen LogP contribution is -2.39. The molecule has 1 heterocycles. The predicted molar refractivity (Wildman–Crippen MR) is 55.7 cm³/mol. The zero-order chi connectivity index (χ0) is 10.7. The van der Waals surface area contributed by atoms with Gasteiger partial charge in [0.25, 0.3) is 0 Å². The van der Waals surface area contributed by atoms with Gasteiger partial charge in [0.1, 0.15) is 0 Å². The smallest absolute Gasteiger partial charge is 0.323 e. The Bertz CT molecular complexity index is 334. The van der Waals surface area contributed by atoms with Gasteiger partial charge in [0.2, 0.25) is 0 Å². The Balaban J connectivity index is 2.07. The van der Waals surface area contributed by atoms with E-state index in [0.717, 1.165) is 25.9 Å². The fourth-order valence-electron chi connectivity index (χ4n) is 1.67. The SMILES string of the molecule is O=C(N1CCCC1)N(O)c1cc[c]cc1. The summed E-state index contributed by atoms with van der Waals surface area (Å²) in [5.41, 5.74) is 0.477. The van der Waals surface area contributed by atoms with Gasteiger partial charge < -0.3 is 4.90 Å². The van der Waals surface area contributed by atoms with Gasteiger partial charge in [-0.25, -0.2) is 4.79 Å². The van der Waals surface area contributed by atoms with E-state index in [1.807, 2.05) is 0 Å². The number of urea groups is 1. The van der Waals surface area contributed by atoms with Gasteiger partial charge in [-0.1, -0.05) is 12.1 Å². The third-order valence-corrected chi connectivity index (χ3v) is 2.50. The summed E-state index contributed by atoms with van der Waals surface area (Å²) in [7, 11) is 0. The van der Waals surface area contributed by atoms with E-state index < -0.39 is 0 Å². The fourth-order valence-corrected chi connectivity index (χ4v) is 1.67. The van der Waals surface area contributed by atoms with Gasteiger partial charge in [-0.05, 0) is 31.0 Å². The van der Waals surface area contributed by atoms with Crippen molar-refractivity contribution >= 4 is 11.7 Å². The number of carbonyl (C=O) groups is 1. The summed E-state index contributed by atoms with van der Waals surface area (Å²) in [4.78, 5) is 13.4. The van der Waals surface area contributed by atoms with Gasteiger partial charge in [0.05, 0.1) is 5.69 Å². The number of nitrogens with zero attached hydrogens (tertiary/aromatic N) is 2. The molecule has 0 aliphatic carbocycles. The molecule has 1 radical (unpaired) electrons. The molecule has 1 saturated heterocycles. The van der Waals surface area contributed by atoms with Gasteiger partial charge in [-0.2, -0.15) is 5.06 Å². The number of hydrogen-bond acceptors (Lipinski definition) is 2. The highest BCUT2D eigenvalue weighted by molar-refractivity contribution is 5.89. The maximum atomic E-state index is 11.7. The van der Waals surface area contributed by atoms with Crippen LogP contribution in [0.3, 0.4) is 0 Å². The normalized spacial score (nSPS) is 15.4. The highest BCUT2D eigenvalue weighted by atomic mass is 16.5. The van der Waals surface area contributed by atoms with Gasteiger partial charge in [-0.3, -0.25) is 5.21 Å². The quantitative estimate of drug-likeness (QED) is 0.562. The molecule has 1 aliphatic rings. The summed E-state index contributed by atoms with van der Waals surface area (Å²) in [5.74, 6) is 0. The molecule has 0 atom stereocenters. The van der Waals surface area contributed by atoms with Gasteiger partial charge in [-0.15, -0.1) is 0 Å². The van der Waals surface area contributed by atoms with Crippen molar-refractivity contribution in [2.45, 2.75) is 12.8 Å². The van der Waals surface area contributed by atoms with E-state index in [9.17, 15) is 10.0 Å². The molecule has 0 spiro atoms. The average molecular weight is 205 g/mol. The van der Waals surface area contributed by atoms with Crippen molar-refractivity contribution in [2.75, 3.05) is 18.2 Å². The minimum absolute atomic E-state index is 0.348. The van der Waals surface area contributed by atoms with Crippen molar-refractivity contribution < 1.29 is 10.0 Å². The van der Waals surface area contributed by atoms with Crippen LogP contribution in [-0.2, 0) is 0 Å².